The lowest BCUT2D eigenvalue weighted by molar-refractivity contribution is -0.131. The van der Waals surface area contributed by atoms with E-state index in [0.29, 0.717) is 50.5 Å². The van der Waals surface area contributed by atoms with Gasteiger partial charge in [0.05, 0.1) is 10.9 Å². The highest BCUT2D eigenvalue weighted by atomic mass is 32.2. The van der Waals surface area contributed by atoms with Crippen LogP contribution in [0, 0.1) is 0 Å². The van der Waals surface area contributed by atoms with Crippen molar-refractivity contribution in [3.8, 4) is 0 Å². The molecule has 1 aromatic heterocycles. The van der Waals surface area contributed by atoms with Crippen molar-refractivity contribution < 1.29 is 13.2 Å². The Morgan fingerprint density at radius 3 is 2.38 bits per heavy atom. The average Bonchev–Trinajstić information content (AvgIpc) is 3.26. The second kappa shape index (κ2) is 11.5. The van der Waals surface area contributed by atoms with Crippen LogP contribution in [-0.2, 0) is 26.7 Å². The van der Waals surface area contributed by atoms with E-state index < -0.39 is 10.0 Å². The molecule has 3 heterocycles. The van der Waals surface area contributed by atoms with Gasteiger partial charge in [0.1, 0.15) is 0 Å². The molecule has 2 aliphatic rings. The van der Waals surface area contributed by atoms with Crippen LogP contribution in [0.15, 0.2) is 70.9 Å². The number of fused-ring (bicyclic) bond motifs is 1. The van der Waals surface area contributed by atoms with Gasteiger partial charge in [-0.05, 0) is 58.5 Å². The van der Waals surface area contributed by atoms with Gasteiger partial charge < -0.3 is 4.90 Å². The first-order chi connectivity index (χ1) is 18.6. The molecule has 0 N–H and O–H groups in total. The van der Waals surface area contributed by atoms with E-state index in [9.17, 15) is 13.2 Å². The fraction of sp³-hybridized carbons (Fsp3) is 0.452. The Morgan fingerprint density at radius 1 is 0.923 bits per heavy atom. The number of benzene rings is 2. The smallest absolute Gasteiger partial charge is 0.243 e. The molecule has 8 heteroatoms. The van der Waals surface area contributed by atoms with Gasteiger partial charge in [-0.25, -0.2) is 8.42 Å². The van der Waals surface area contributed by atoms with Gasteiger partial charge in [-0.15, -0.1) is 11.3 Å². The number of carbonyl (C=O) groups is 1. The number of thiophene rings is 1. The molecular formula is C31H39N3O3S2. The summed E-state index contributed by atoms with van der Waals surface area (Å²) in [5.41, 5.74) is 3.69. The number of amides is 1. The van der Waals surface area contributed by atoms with Crippen LogP contribution in [0.1, 0.15) is 61.2 Å². The van der Waals surface area contributed by atoms with E-state index in [1.807, 2.05) is 34.4 Å². The second-order valence-electron chi connectivity index (χ2n) is 11.6. The second-order valence-corrected chi connectivity index (χ2v) is 14.5. The molecule has 2 aliphatic heterocycles. The van der Waals surface area contributed by atoms with Gasteiger partial charge >= 0.3 is 0 Å². The van der Waals surface area contributed by atoms with Crippen LogP contribution >= 0.6 is 11.3 Å². The van der Waals surface area contributed by atoms with Crippen molar-refractivity contribution in [1.82, 2.24) is 14.1 Å². The zero-order chi connectivity index (χ0) is 27.6. The van der Waals surface area contributed by atoms with Crippen molar-refractivity contribution in [1.29, 1.82) is 0 Å². The molecular weight excluding hydrogens is 526 g/mol. The SMILES string of the molecule is CC(C)(C)c1ccc(S(=O)(=O)N2CCCN(C(=O)CCN3CCc4sccc4[C@H]3c3ccccc3)CC2)cc1. The van der Waals surface area contributed by atoms with E-state index in [0.717, 1.165) is 18.5 Å². The highest BCUT2D eigenvalue weighted by molar-refractivity contribution is 7.89. The van der Waals surface area contributed by atoms with E-state index in [-0.39, 0.29) is 17.4 Å². The lowest BCUT2D eigenvalue weighted by atomic mass is 9.87. The number of hydrogen-bond donors (Lipinski definition) is 0. The molecule has 208 valence electrons. The Bertz CT molecular complexity index is 1380. The van der Waals surface area contributed by atoms with Crippen molar-refractivity contribution in [3.05, 3.63) is 87.6 Å². The summed E-state index contributed by atoms with van der Waals surface area (Å²) >= 11 is 1.82. The quantitative estimate of drug-likeness (QED) is 0.407. The van der Waals surface area contributed by atoms with E-state index >= 15 is 0 Å². The Morgan fingerprint density at radius 2 is 1.67 bits per heavy atom. The molecule has 3 aromatic rings. The van der Waals surface area contributed by atoms with Crippen molar-refractivity contribution in [2.24, 2.45) is 0 Å². The van der Waals surface area contributed by atoms with Crippen molar-refractivity contribution >= 4 is 27.3 Å². The molecule has 6 nitrogen and oxygen atoms in total. The highest BCUT2D eigenvalue weighted by Crippen LogP contribution is 2.37. The van der Waals surface area contributed by atoms with Crippen molar-refractivity contribution in [2.75, 3.05) is 39.3 Å². The third kappa shape index (κ3) is 6.14. The average molecular weight is 566 g/mol. The van der Waals surface area contributed by atoms with Crippen molar-refractivity contribution in [2.45, 2.75) is 56.4 Å². The number of carbonyl (C=O) groups excluding carboxylic acids is 1. The van der Waals surface area contributed by atoms with Crippen LogP contribution in [0.3, 0.4) is 0 Å². The molecule has 0 unspecified atom stereocenters. The molecule has 0 radical (unpaired) electrons. The van der Waals surface area contributed by atoms with Gasteiger partial charge in [0, 0.05) is 50.6 Å². The van der Waals surface area contributed by atoms with E-state index in [1.54, 1.807) is 16.4 Å². The third-order valence-electron chi connectivity index (χ3n) is 7.96. The minimum Gasteiger partial charge on any atom is -0.341 e. The summed E-state index contributed by atoms with van der Waals surface area (Å²) in [4.78, 5) is 19.4. The predicted molar refractivity (Wildman–Crippen MR) is 158 cm³/mol. The van der Waals surface area contributed by atoms with Gasteiger partial charge in [-0.2, -0.15) is 4.31 Å². The third-order valence-corrected chi connectivity index (χ3v) is 10.9. The molecule has 5 rings (SSSR count). The minimum absolute atomic E-state index is 0.0347. The van der Waals surface area contributed by atoms with Gasteiger partial charge in [0.15, 0.2) is 0 Å². The fourth-order valence-corrected chi connectivity index (χ4v) is 8.07. The fourth-order valence-electron chi connectivity index (χ4n) is 5.69. The number of rotatable bonds is 6. The first-order valence-electron chi connectivity index (χ1n) is 13.9. The maximum atomic E-state index is 13.4. The van der Waals surface area contributed by atoms with E-state index in [4.69, 9.17) is 0 Å². The van der Waals surface area contributed by atoms with Crippen LogP contribution in [0.2, 0.25) is 0 Å². The van der Waals surface area contributed by atoms with Gasteiger partial charge in [-0.1, -0.05) is 63.2 Å². The van der Waals surface area contributed by atoms with Crippen LogP contribution in [-0.4, -0.2) is 67.7 Å². The summed E-state index contributed by atoms with van der Waals surface area (Å²) in [6.07, 6.45) is 2.08. The summed E-state index contributed by atoms with van der Waals surface area (Å²) < 4.78 is 28.3. The normalized spacial score (nSPS) is 19.5. The standard InChI is InChI=1S/C31H39N3O3S2/c1-31(2,3)25-10-12-26(13-11-25)39(36,37)34-18-7-17-32(21-22-34)29(35)15-20-33-19-14-28-27(16-23-38-28)30(33)24-8-5-4-6-9-24/h4-6,8-13,16,23,30H,7,14-15,17-22H2,1-3H3/t30-/m1/s1. The Balaban J connectivity index is 1.21. The first kappa shape index (κ1) is 28.0. The summed E-state index contributed by atoms with van der Waals surface area (Å²) in [5, 5.41) is 2.17. The topological polar surface area (TPSA) is 60.9 Å². The maximum absolute atomic E-state index is 13.4. The summed E-state index contributed by atoms with van der Waals surface area (Å²) in [6.45, 7) is 9.72. The lowest BCUT2D eigenvalue weighted by Gasteiger charge is -2.36. The predicted octanol–water partition coefficient (Wildman–Crippen LogP) is 5.31. The summed E-state index contributed by atoms with van der Waals surface area (Å²) in [6, 6.07) is 20.2. The monoisotopic (exact) mass is 565 g/mol. The molecule has 39 heavy (non-hydrogen) atoms. The minimum atomic E-state index is -3.60. The molecule has 1 fully saturated rings. The molecule has 0 aliphatic carbocycles. The molecule has 0 bridgehead atoms. The number of hydrogen-bond acceptors (Lipinski definition) is 5. The number of sulfonamides is 1. The molecule has 1 amide bonds. The van der Waals surface area contributed by atoms with E-state index in [1.165, 1.54) is 16.0 Å². The van der Waals surface area contributed by atoms with Crippen LogP contribution < -0.4 is 0 Å². The van der Waals surface area contributed by atoms with Crippen LogP contribution in [0.5, 0.6) is 0 Å². The highest BCUT2D eigenvalue weighted by Gasteiger charge is 2.32. The molecule has 2 aromatic carbocycles. The van der Waals surface area contributed by atoms with Gasteiger partial charge in [0.25, 0.3) is 0 Å². The molecule has 1 saturated heterocycles. The zero-order valence-corrected chi connectivity index (χ0v) is 24.8. The van der Waals surface area contributed by atoms with Crippen LogP contribution in [0.25, 0.3) is 0 Å². The summed E-state index contributed by atoms with van der Waals surface area (Å²) in [7, 11) is -3.60. The molecule has 1 atom stereocenters. The van der Waals surface area contributed by atoms with Crippen molar-refractivity contribution in [3.63, 3.8) is 0 Å². The zero-order valence-electron chi connectivity index (χ0n) is 23.2. The van der Waals surface area contributed by atoms with Crippen LogP contribution in [0.4, 0.5) is 0 Å². The summed E-state index contributed by atoms with van der Waals surface area (Å²) in [5.74, 6) is 0.103. The van der Waals surface area contributed by atoms with Gasteiger partial charge in [0.2, 0.25) is 15.9 Å². The Labute approximate surface area is 237 Å². The van der Waals surface area contributed by atoms with Gasteiger partial charge in [-0.3, -0.25) is 9.69 Å². The lowest BCUT2D eigenvalue weighted by Crippen LogP contribution is -2.40. The Kier molecular flexibility index (Phi) is 8.29. The maximum Gasteiger partial charge on any atom is 0.243 e. The number of nitrogens with zero attached hydrogens (tertiary/aromatic N) is 3. The largest absolute Gasteiger partial charge is 0.341 e. The molecule has 0 spiro atoms. The first-order valence-corrected chi connectivity index (χ1v) is 16.2. The molecule has 0 saturated carbocycles. The Hall–Kier alpha value is -2.52. The van der Waals surface area contributed by atoms with E-state index in [2.05, 4.69) is 61.4 Å².